The lowest BCUT2D eigenvalue weighted by atomic mass is 9.48. The highest BCUT2D eigenvalue weighted by Crippen LogP contribution is 2.60. The normalized spacial score (nSPS) is 24.0. The minimum absolute atomic E-state index is 0.0144. The number of nitro benzene ring substituents is 1. The van der Waals surface area contributed by atoms with Gasteiger partial charge in [-0.15, -0.1) is 0 Å². The van der Waals surface area contributed by atoms with Crippen molar-refractivity contribution in [2.75, 3.05) is 24.0 Å². The number of ether oxygens (including phenoxy) is 2. The smallest absolute Gasteiger partial charge is 0.269 e. The number of hydrogen-bond donors (Lipinski definition) is 2. The molecule has 7 rings (SSSR count). The lowest BCUT2D eigenvalue weighted by Crippen LogP contribution is -2.48. The van der Waals surface area contributed by atoms with Crippen molar-refractivity contribution in [2.45, 2.75) is 50.9 Å². The topological polar surface area (TPSA) is 115 Å². The minimum atomic E-state index is -0.449. The van der Waals surface area contributed by atoms with Crippen LogP contribution < -0.4 is 20.2 Å². The number of carbonyl (C=O) groups is 1. The summed E-state index contributed by atoms with van der Waals surface area (Å²) in [7, 11) is 0. The number of amides is 1. The van der Waals surface area contributed by atoms with Crippen LogP contribution >= 0.6 is 0 Å². The largest absolute Gasteiger partial charge is 0.490 e. The maximum Gasteiger partial charge on any atom is 0.269 e. The molecule has 3 aromatic rings. The Balaban J connectivity index is 1.03. The van der Waals surface area contributed by atoms with Gasteiger partial charge in [0.2, 0.25) is 0 Å². The lowest BCUT2D eigenvalue weighted by molar-refractivity contribution is -0.384. The molecule has 0 unspecified atom stereocenters. The Hall–Kier alpha value is -4.40. The number of anilines is 2. The van der Waals surface area contributed by atoms with E-state index < -0.39 is 4.92 Å². The third kappa shape index (κ3) is 6.10. The predicted molar refractivity (Wildman–Crippen MR) is 162 cm³/mol. The summed E-state index contributed by atoms with van der Waals surface area (Å²) in [6.45, 7) is 2.16. The van der Waals surface area contributed by atoms with Gasteiger partial charge >= 0.3 is 0 Å². The van der Waals surface area contributed by atoms with Crippen LogP contribution in [0.2, 0.25) is 0 Å². The van der Waals surface area contributed by atoms with Crippen LogP contribution in [-0.2, 0) is 10.2 Å². The molecule has 4 bridgehead atoms. The zero-order valence-corrected chi connectivity index (χ0v) is 23.8. The van der Waals surface area contributed by atoms with Crippen LogP contribution in [0, 0.1) is 27.9 Å². The summed E-state index contributed by atoms with van der Waals surface area (Å²) in [6.07, 6.45) is 9.85. The molecule has 4 fully saturated rings. The molecule has 0 aliphatic heterocycles. The van der Waals surface area contributed by atoms with Gasteiger partial charge in [-0.05, 0) is 122 Å². The molecule has 4 aliphatic rings. The first-order chi connectivity index (χ1) is 20.4. The van der Waals surface area contributed by atoms with Gasteiger partial charge < -0.3 is 14.8 Å². The number of nitrogens with one attached hydrogen (secondary N) is 2. The molecule has 9 nitrogen and oxygen atoms in total. The third-order valence-corrected chi connectivity index (χ3v) is 8.93. The first kappa shape index (κ1) is 27.8. The number of benzene rings is 3. The molecule has 4 saturated carbocycles. The van der Waals surface area contributed by atoms with Crippen molar-refractivity contribution in [1.82, 2.24) is 0 Å². The SMILES string of the molecule is CCOc1cc(/C=N/Nc2ccc([N+](=O)[O-])cc2)ccc1OCC(=O)Nc1ccc(C23CC4CC(CC(C4)C2)C3)cc1. The molecule has 0 heterocycles. The second-order valence-corrected chi connectivity index (χ2v) is 11.9. The van der Waals surface area contributed by atoms with Crippen molar-refractivity contribution in [1.29, 1.82) is 0 Å². The first-order valence-electron chi connectivity index (χ1n) is 14.7. The maximum atomic E-state index is 12.7. The molecule has 9 heteroatoms. The summed E-state index contributed by atoms with van der Waals surface area (Å²) in [5, 5.41) is 17.9. The molecule has 3 aromatic carbocycles. The monoisotopic (exact) mass is 568 g/mol. The molecule has 218 valence electrons. The van der Waals surface area contributed by atoms with Crippen molar-refractivity contribution in [2.24, 2.45) is 22.9 Å². The van der Waals surface area contributed by atoms with Gasteiger partial charge in [0, 0.05) is 17.8 Å². The average molecular weight is 569 g/mol. The van der Waals surface area contributed by atoms with Crippen LogP contribution in [0.4, 0.5) is 17.1 Å². The van der Waals surface area contributed by atoms with E-state index in [0.717, 1.165) is 29.0 Å². The molecule has 1 amide bonds. The van der Waals surface area contributed by atoms with Gasteiger partial charge in [-0.2, -0.15) is 5.10 Å². The van der Waals surface area contributed by atoms with Crippen molar-refractivity contribution in [3.05, 3.63) is 88.0 Å². The van der Waals surface area contributed by atoms with E-state index in [2.05, 4.69) is 28.0 Å². The Morgan fingerprint density at radius 3 is 2.19 bits per heavy atom. The van der Waals surface area contributed by atoms with E-state index in [1.165, 1.54) is 56.2 Å². The van der Waals surface area contributed by atoms with E-state index in [1.54, 1.807) is 36.5 Å². The van der Waals surface area contributed by atoms with E-state index in [1.807, 2.05) is 19.1 Å². The summed E-state index contributed by atoms with van der Waals surface area (Å²) in [5.74, 6) is 3.42. The number of hydrazone groups is 1. The standard InChI is InChI=1S/C33H36N4O5/c1-2-41-31-16-22(20-34-36-28-8-10-29(11-9-28)37(39)40)3-12-30(31)42-21-32(38)35-27-6-4-26(5-7-27)33-17-23-13-24(18-33)15-25(14-23)19-33/h3-12,16,20,23-25,36H,2,13-15,17-19,21H2,1H3,(H,35,38)/b34-20+. The van der Waals surface area contributed by atoms with E-state index >= 15 is 0 Å². The van der Waals surface area contributed by atoms with Crippen LogP contribution in [0.25, 0.3) is 0 Å². The van der Waals surface area contributed by atoms with Crippen LogP contribution in [0.1, 0.15) is 56.6 Å². The highest BCUT2D eigenvalue weighted by molar-refractivity contribution is 5.92. The maximum absolute atomic E-state index is 12.7. The van der Waals surface area contributed by atoms with Crippen molar-refractivity contribution in [3.63, 3.8) is 0 Å². The highest BCUT2D eigenvalue weighted by Gasteiger charge is 2.51. The third-order valence-electron chi connectivity index (χ3n) is 8.93. The average Bonchev–Trinajstić information content (AvgIpc) is 2.97. The number of carbonyl (C=O) groups excluding carboxylic acids is 1. The quantitative estimate of drug-likeness (QED) is 0.147. The van der Waals surface area contributed by atoms with Gasteiger partial charge in [0.25, 0.3) is 11.6 Å². The zero-order chi connectivity index (χ0) is 29.1. The van der Waals surface area contributed by atoms with Gasteiger partial charge in [-0.25, -0.2) is 0 Å². The summed E-state index contributed by atoms with van der Waals surface area (Å²) in [4.78, 5) is 23.1. The number of nitro groups is 1. The molecular formula is C33H36N4O5. The van der Waals surface area contributed by atoms with E-state index in [4.69, 9.17) is 9.47 Å². The van der Waals surface area contributed by atoms with Gasteiger partial charge in [-0.3, -0.25) is 20.3 Å². The van der Waals surface area contributed by atoms with Gasteiger partial charge in [0.1, 0.15) is 0 Å². The molecule has 0 atom stereocenters. The van der Waals surface area contributed by atoms with Crippen molar-refractivity contribution in [3.8, 4) is 11.5 Å². The predicted octanol–water partition coefficient (Wildman–Crippen LogP) is 6.92. The number of non-ortho nitro benzene ring substituents is 1. The molecule has 42 heavy (non-hydrogen) atoms. The molecule has 4 aliphatic carbocycles. The summed E-state index contributed by atoms with van der Waals surface area (Å²) < 4.78 is 11.6. The second-order valence-electron chi connectivity index (χ2n) is 11.9. The molecule has 0 aromatic heterocycles. The van der Waals surface area contributed by atoms with Gasteiger partial charge in [0.05, 0.1) is 23.4 Å². The summed E-state index contributed by atoms with van der Waals surface area (Å²) >= 11 is 0. The highest BCUT2D eigenvalue weighted by atomic mass is 16.6. The number of hydrogen-bond acceptors (Lipinski definition) is 7. The Morgan fingerprint density at radius 2 is 1.57 bits per heavy atom. The molecule has 0 radical (unpaired) electrons. The van der Waals surface area contributed by atoms with Crippen molar-refractivity contribution < 1.29 is 19.2 Å². The Kier molecular flexibility index (Phi) is 7.82. The van der Waals surface area contributed by atoms with Gasteiger partial charge in [0.15, 0.2) is 18.1 Å². The Morgan fingerprint density at radius 1 is 0.929 bits per heavy atom. The minimum Gasteiger partial charge on any atom is -0.490 e. The fourth-order valence-corrected chi connectivity index (χ4v) is 7.54. The van der Waals surface area contributed by atoms with Crippen LogP contribution in [0.5, 0.6) is 11.5 Å². The second kappa shape index (κ2) is 11.8. The van der Waals surface area contributed by atoms with Crippen LogP contribution in [0.3, 0.4) is 0 Å². The molecule has 0 spiro atoms. The molecule has 2 N–H and O–H groups in total. The van der Waals surface area contributed by atoms with E-state index in [-0.39, 0.29) is 18.2 Å². The molecule has 0 saturated heterocycles. The number of rotatable bonds is 11. The van der Waals surface area contributed by atoms with E-state index in [0.29, 0.717) is 29.2 Å². The molecular weight excluding hydrogens is 532 g/mol. The first-order valence-corrected chi connectivity index (χ1v) is 14.7. The Labute approximate surface area is 245 Å². The van der Waals surface area contributed by atoms with Gasteiger partial charge in [-0.1, -0.05) is 12.1 Å². The van der Waals surface area contributed by atoms with Crippen LogP contribution in [0.15, 0.2) is 71.8 Å². The Bertz CT molecular complexity index is 1430. The fourth-order valence-electron chi connectivity index (χ4n) is 7.54. The summed E-state index contributed by atoms with van der Waals surface area (Å²) in [5.41, 5.74) is 6.78. The van der Waals surface area contributed by atoms with E-state index in [9.17, 15) is 14.9 Å². The summed E-state index contributed by atoms with van der Waals surface area (Å²) in [6, 6.07) is 19.8. The van der Waals surface area contributed by atoms with Crippen molar-refractivity contribution >= 4 is 29.2 Å². The number of nitrogens with zero attached hydrogens (tertiary/aromatic N) is 2. The van der Waals surface area contributed by atoms with Crippen LogP contribution in [-0.4, -0.2) is 30.3 Å². The fraction of sp³-hybridized carbons (Fsp3) is 0.394. The zero-order valence-electron chi connectivity index (χ0n) is 23.8. The lowest BCUT2D eigenvalue weighted by Gasteiger charge is -2.57.